The van der Waals surface area contributed by atoms with Crippen LogP contribution in [0.5, 0.6) is 0 Å². The fraction of sp³-hybridized carbons (Fsp3) is 0.385. The van der Waals surface area contributed by atoms with Gasteiger partial charge in [-0.15, -0.1) is 11.6 Å². The van der Waals surface area contributed by atoms with E-state index in [-0.39, 0.29) is 11.8 Å². The molecule has 5 heteroatoms. The highest BCUT2D eigenvalue weighted by Crippen LogP contribution is 2.19. The highest BCUT2D eigenvalue weighted by molar-refractivity contribution is 6.18. The molecule has 0 aliphatic carbocycles. The number of carbonyl (C=O) groups is 2. The van der Waals surface area contributed by atoms with E-state index in [9.17, 15) is 9.59 Å². The van der Waals surface area contributed by atoms with Gasteiger partial charge < -0.3 is 10.6 Å². The Hall–Kier alpha value is -1.55. The molecule has 0 heterocycles. The van der Waals surface area contributed by atoms with Crippen molar-refractivity contribution in [3.63, 3.8) is 0 Å². The van der Waals surface area contributed by atoms with Crippen LogP contribution in [0.1, 0.15) is 25.3 Å². The van der Waals surface area contributed by atoms with E-state index in [0.717, 1.165) is 16.9 Å². The summed E-state index contributed by atoms with van der Waals surface area (Å²) >= 11 is 5.52. The molecule has 18 heavy (non-hydrogen) atoms. The van der Waals surface area contributed by atoms with Crippen molar-refractivity contribution in [1.82, 2.24) is 0 Å². The van der Waals surface area contributed by atoms with Crippen molar-refractivity contribution in [3.8, 4) is 0 Å². The van der Waals surface area contributed by atoms with Crippen LogP contribution in [-0.4, -0.2) is 17.7 Å². The van der Waals surface area contributed by atoms with Gasteiger partial charge >= 0.3 is 0 Å². The minimum absolute atomic E-state index is 0.0534. The van der Waals surface area contributed by atoms with Gasteiger partial charge in [-0.2, -0.15) is 0 Å². The molecule has 0 unspecified atom stereocenters. The first kappa shape index (κ1) is 14.5. The first-order valence-corrected chi connectivity index (χ1v) is 6.30. The summed E-state index contributed by atoms with van der Waals surface area (Å²) in [6, 6.07) is 5.36. The van der Waals surface area contributed by atoms with Crippen molar-refractivity contribution in [2.45, 2.75) is 26.7 Å². The average Bonchev–Trinajstić information content (AvgIpc) is 2.29. The zero-order chi connectivity index (χ0) is 13.5. The van der Waals surface area contributed by atoms with E-state index in [1.165, 1.54) is 6.92 Å². The lowest BCUT2D eigenvalue weighted by Crippen LogP contribution is -2.12. The number of hydrogen-bond donors (Lipinski definition) is 2. The molecule has 2 N–H and O–H groups in total. The number of benzene rings is 1. The van der Waals surface area contributed by atoms with Crippen LogP contribution in [0.3, 0.4) is 0 Å². The van der Waals surface area contributed by atoms with Gasteiger partial charge in [-0.05, 0) is 37.1 Å². The van der Waals surface area contributed by atoms with Crippen LogP contribution in [0.15, 0.2) is 18.2 Å². The number of hydrogen-bond acceptors (Lipinski definition) is 2. The van der Waals surface area contributed by atoms with Crippen LogP contribution in [0, 0.1) is 6.92 Å². The Labute approximate surface area is 112 Å². The lowest BCUT2D eigenvalue weighted by atomic mass is 10.1. The lowest BCUT2D eigenvalue weighted by Gasteiger charge is -2.10. The first-order chi connectivity index (χ1) is 8.52. The van der Waals surface area contributed by atoms with Gasteiger partial charge in [0.05, 0.1) is 0 Å². The molecule has 0 atom stereocenters. The summed E-state index contributed by atoms with van der Waals surface area (Å²) < 4.78 is 0. The second kappa shape index (κ2) is 7.01. The molecule has 4 nitrogen and oxygen atoms in total. The number of rotatable bonds is 5. The standard InChI is InChI=1S/C13H17ClN2O2/c1-9-8-11(16-13(18)4-3-7-14)5-6-12(9)15-10(2)17/h5-6,8H,3-4,7H2,1-2H3,(H,15,17)(H,16,18). The molecule has 1 aromatic rings. The second-order valence-corrected chi connectivity index (χ2v) is 4.43. The number of amides is 2. The molecule has 98 valence electrons. The summed E-state index contributed by atoms with van der Waals surface area (Å²) in [5.74, 6) is 0.313. The molecule has 0 radical (unpaired) electrons. The summed E-state index contributed by atoms with van der Waals surface area (Å²) in [6.45, 7) is 3.33. The smallest absolute Gasteiger partial charge is 0.224 e. The van der Waals surface area contributed by atoms with Crippen LogP contribution in [-0.2, 0) is 9.59 Å². The Bertz CT molecular complexity index is 447. The van der Waals surface area contributed by atoms with E-state index in [1.807, 2.05) is 13.0 Å². The van der Waals surface area contributed by atoms with Gasteiger partial charge in [-0.3, -0.25) is 9.59 Å². The maximum atomic E-state index is 11.5. The molecule has 0 saturated carbocycles. The van der Waals surface area contributed by atoms with E-state index in [2.05, 4.69) is 10.6 Å². The first-order valence-electron chi connectivity index (χ1n) is 5.77. The summed E-state index contributed by atoms with van der Waals surface area (Å²) in [7, 11) is 0. The Morgan fingerprint density at radius 2 is 2.00 bits per heavy atom. The molecule has 0 aromatic heterocycles. The van der Waals surface area contributed by atoms with Crippen molar-refractivity contribution in [2.75, 3.05) is 16.5 Å². The molecule has 0 saturated heterocycles. The molecule has 0 bridgehead atoms. The average molecular weight is 269 g/mol. The van der Waals surface area contributed by atoms with Crippen molar-refractivity contribution >= 4 is 34.8 Å². The Morgan fingerprint density at radius 1 is 1.28 bits per heavy atom. The third kappa shape index (κ3) is 4.75. The fourth-order valence-electron chi connectivity index (χ4n) is 1.52. The molecule has 1 aromatic carbocycles. The van der Waals surface area contributed by atoms with E-state index in [1.54, 1.807) is 12.1 Å². The minimum atomic E-state index is -0.114. The minimum Gasteiger partial charge on any atom is -0.326 e. The van der Waals surface area contributed by atoms with E-state index in [0.29, 0.717) is 18.7 Å². The molecule has 1 rings (SSSR count). The Kier molecular flexibility index (Phi) is 5.65. The highest BCUT2D eigenvalue weighted by atomic mass is 35.5. The van der Waals surface area contributed by atoms with Crippen LogP contribution in [0.2, 0.25) is 0 Å². The Balaban J connectivity index is 2.66. The zero-order valence-corrected chi connectivity index (χ0v) is 11.3. The van der Waals surface area contributed by atoms with Gasteiger partial charge in [0, 0.05) is 30.6 Å². The van der Waals surface area contributed by atoms with Crippen molar-refractivity contribution in [1.29, 1.82) is 0 Å². The quantitative estimate of drug-likeness (QED) is 0.807. The van der Waals surface area contributed by atoms with E-state index < -0.39 is 0 Å². The molecular weight excluding hydrogens is 252 g/mol. The predicted octanol–water partition coefficient (Wildman–Crippen LogP) is 2.91. The van der Waals surface area contributed by atoms with Gasteiger partial charge in [0.2, 0.25) is 11.8 Å². The zero-order valence-electron chi connectivity index (χ0n) is 10.5. The van der Waals surface area contributed by atoms with Crippen LogP contribution >= 0.6 is 11.6 Å². The van der Waals surface area contributed by atoms with E-state index >= 15 is 0 Å². The van der Waals surface area contributed by atoms with Gasteiger partial charge in [-0.25, -0.2) is 0 Å². The summed E-state index contributed by atoms with van der Waals surface area (Å²) in [6.07, 6.45) is 1.08. The van der Waals surface area contributed by atoms with Gasteiger partial charge in [0.1, 0.15) is 0 Å². The highest BCUT2D eigenvalue weighted by Gasteiger charge is 2.05. The van der Waals surface area contributed by atoms with Crippen LogP contribution < -0.4 is 10.6 Å². The third-order valence-corrected chi connectivity index (χ3v) is 2.63. The van der Waals surface area contributed by atoms with Crippen molar-refractivity contribution < 1.29 is 9.59 Å². The molecule has 0 aliphatic heterocycles. The summed E-state index contributed by atoms with van der Waals surface area (Å²) in [5.41, 5.74) is 2.38. The third-order valence-electron chi connectivity index (χ3n) is 2.36. The van der Waals surface area contributed by atoms with Gasteiger partial charge in [0.25, 0.3) is 0 Å². The van der Waals surface area contributed by atoms with Gasteiger partial charge in [-0.1, -0.05) is 0 Å². The monoisotopic (exact) mass is 268 g/mol. The number of aryl methyl sites for hydroxylation is 1. The predicted molar refractivity (Wildman–Crippen MR) is 74.1 cm³/mol. The molecule has 0 fully saturated rings. The fourth-order valence-corrected chi connectivity index (χ4v) is 1.66. The number of carbonyl (C=O) groups excluding carboxylic acids is 2. The number of nitrogens with one attached hydrogen (secondary N) is 2. The number of halogens is 1. The maximum Gasteiger partial charge on any atom is 0.224 e. The SMILES string of the molecule is CC(=O)Nc1ccc(NC(=O)CCCCl)cc1C. The van der Waals surface area contributed by atoms with Crippen LogP contribution in [0.25, 0.3) is 0 Å². The van der Waals surface area contributed by atoms with Crippen molar-refractivity contribution in [3.05, 3.63) is 23.8 Å². The topological polar surface area (TPSA) is 58.2 Å². The van der Waals surface area contributed by atoms with Gasteiger partial charge in [0.15, 0.2) is 0 Å². The maximum absolute atomic E-state index is 11.5. The normalized spacial score (nSPS) is 9.94. The van der Waals surface area contributed by atoms with Crippen molar-refractivity contribution in [2.24, 2.45) is 0 Å². The molecular formula is C13H17ClN2O2. The number of alkyl halides is 1. The molecule has 0 aliphatic rings. The molecule has 2 amide bonds. The van der Waals surface area contributed by atoms with Crippen LogP contribution in [0.4, 0.5) is 11.4 Å². The summed E-state index contributed by atoms with van der Waals surface area (Å²) in [4.78, 5) is 22.5. The molecule has 0 spiro atoms. The number of anilines is 2. The van der Waals surface area contributed by atoms with E-state index in [4.69, 9.17) is 11.6 Å². The lowest BCUT2D eigenvalue weighted by molar-refractivity contribution is -0.116. The largest absolute Gasteiger partial charge is 0.326 e. The Morgan fingerprint density at radius 3 is 2.56 bits per heavy atom. The second-order valence-electron chi connectivity index (χ2n) is 4.05. The summed E-state index contributed by atoms with van der Waals surface area (Å²) in [5, 5.41) is 5.51.